The number of rotatable bonds is 0. The van der Waals surface area contributed by atoms with Gasteiger partial charge in [-0.3, -0.25) is 0 Å². The molecule has 11 heavy (non-hydrogen) atoms. The summed E-state index contributed by atoms with van der Waals surface area (Å²) in [7, 11) is 0. The molecule has 0 radical (unpaired) electrons. The summed E-state index contributed by atoms with van der Waals surface area (Å²) in [5.74, 6) is 0.575. The molecule has 0 aromatic heterocycles. The average Bonchev–Trinajstić information content (AvgIpc) is 2.04. The van der Waals surface area contributed by atoms with Gasteiger partial charge in [0, 0.05) is 5.56 Å². The second kappa shape index (κ2) is 2.51. The van der Waals surface area contributed by atoms with Gasteiger partial charge in [0.1, 0.15) is 5.75 Å². The molecule has 1 heterocycles. The molecule has 0 saturated carbocycles. The van der Waals surface area contributed by atoms with E-state index in [4.69, 9.17) is 4.74 Å². The lowest BCUT2D eigenvalue weighted by molar-refractivity contribution is -0.187. The molecule has 0 bridgehead atoms. The van der Waals surface area contributed by atoms with E-state index >= 15 is 0 Å². The van der Waals surface area contributed by atoms with Gasteiger partial charge in [-0.05, 0) is 6.07 Å². The highest BCUT2D eigenvalue weighted by atomic mass is 19.2. The molecule has 1 unspecified atom stereocenters. The van der Waals surface area contributed by atoms with Crippen LogP contribution in [0, 0.1) is 0 Å². The lowest BCUT2D eigenvalue weighted by Crippen LogP contribution is -2.20. The van der Waals surface area contributed by atoms with Crippen molar-refractivity contribution in [1.82, 2.24) is 0 Å². The van der Waals surface area contributed by atoms with Gasteiger partial charge >= 0.3 is 6.54 Å². The largest absolute Gasteiger partial charge is 0.438 e. The first-order valence-corrected chi connectivity index (χ1v) is 3.36. The quantitative estimate of drug-likeness (QED) is 0.567. The maximum Gasteiger partial charge on any atom is 0.353 e. The molecular formula is C8H7FO2. The van der Waals surface area contributed by atoms with Gasteiger partial charge in [-0.1, -0.05) is 18.2 Å². The zero-order valence-corrected chi connectivity index (χ0v) is 5.79. The first-order valence-electron chi connectivity index (χ1n) is 3.36. The minimum atomic E-state index is -1.61. The SMILES string of the molecule is FC1OCc2ccccc2O1. The number of hydrogen-bond donors (Lipinski definition) is 0. The summed E-state index contributed by atoms with van der Waals surface area (Å²) in [6, 6.07) is 7.24. The highest BCUT2D eigenvalue weighted by Gasteiger charge is 2.17. The molecule has 2 nitrogen and oxygen atoms in total. The Morgan fingerprint density at radius 1 is 1.36 bits per heavy atom. The minimum Gasteiger partial charge on any atom is -0.438 e. The Morgan fingerprint density at radius 3 is 3.09 bits per heavy atom. The van der Waals surface area contributed by atoms with Gasteiger partial charge in [0.2, 0.25) is 0 Å². The summed E-state index contributed by atoms with van der Waals surface area (Å²) in [6.45, 7) is -1.32. The normalized spacial score (nSPS) is 22.1. The van der Waals surface area contributed by atoms with Crippen molar-refractivity contribution in [2.24, 2.45) is 0 Å². The first-order chi connectivity index (χ1) is 5.36. The molecule has 0 aliphatic carbocycles. The van der Waals surface area contributed by atoms with Crippen LogP contribution in [0.25, 0.3) is 0 Å². The Morgan fingerprint density at radius 2 is 2.18 bits per heavy atom. The van der Waals surface area contributed by atoms with E-state index in [1.807, 2.05) is 12.1 Å². The van der Waals surface area contributed by atoms with Crippen molar-refractivity contribution in [3.8, 4) is 5.75 Å². The van der Waals surface area contributed by atoms with Crippen LogP contribution in [-0.2, 0) is 11.3 Å². The van der Waals surface area contributed by atoms with Gasteiger partial charge in [0.25, 0.3) is 0 Å². The van der Waals surface area contributed by atoms with E-state index in [0.717, 1.165) is 5.56 Å². The molecule has 1 aromatic carbocycles. The fourth-order valence-corrected chi connectivity index (χ4v) is 1.03. The number of halogens is 1. The summed E-state index contributed by atoms with van der Waals surface area (Å²) in [5, 5.41) is 0. The number of para-hydroxylation sites is 1. The van der Waals surface area contributed by atoms with Gasteiger partial charge in [-0.25, -0.2) is 0 Å². The molecule has 1 aromatic rings. The molecule has 0 spiro atoms. The number of fused-ring (bicyclic) bond motifs is 1. The lowest BCUT2D eigenvalue weighted by atomic mass is 10.2. The van der Waals surface area contributed by atoms with Crippen LogP contribution in [0.15, 0.2) is 24.3 Å². The Balaban J connectivity index is 2.34. The van der Waals surface area contributed by atoms with Gasteiger partial charge in [0.15, 0.2) is 0 Å². The maximum absolute atomic E-state index is 12.4. The van der Waals surface area contributed by atoms with E-state index < -0.39 is 6.54 Å². The van der Waals surface area contributed by atoms with Crippen molar-refractivity contribution in [1.29, 1.82) is 0 Å². The predicted molar refractivity (Wildman–Crippen MR) is 36.8 cm³/mol. The van der Waals surface area contributed by atoms with Gasteiger partial charge < -0.3 is 9.47 Å². The molecule has 1 atom stereocenters. The predicted octanol–water partition coefficient (Wildman–Crippen LogP) is 1.85. The summed E-state index contributed by atoms with van der Waals surface area (Å²) in [6.07, 6.45) is 0. The summed E-state index contributed by atoms with van der Waals surface area (Å²) >= 11 is 0. The summed E-state index contributed by atoms with van der Waals surface area (Å²) < 4.78 is 21.8. The maximum atomic E-state index is 12.4. The molecular weight excluding hydrogens is 147 g/mol. The third-order valence-corrected chi connectivity index (χ3v) is 1.56. The van der Waals surface area contributed by atoms with E-state index in [-0.39, 0.29) is 6.61 Å². The number of ether oxygens (including phenoxy) is 2. The molecule has 0 N–H and O–H groups in total. The lowest BCUT2D eigenvalue weighted by Gasteiger charge is -2.19. The van der Waals surface area contributed by atoms with Crippen molar-refractivity contribution in [2.45, 2.75) is 13.2 Å². The van der Waals surface area contributed by atoms with Crippen LogP contribution in [0.4, 0.5) is 4.39 Å². The minimum absolute atomic E-state index is 0.289. The van der Waals surface area contributed by atoms with Crippen molar-refractivity contribution in [2.75, 3.05) is 0 Å². The molecule has 0 amide bonds. The Hall–Kier alpha value is -1.09. The zero-order chi connectivity index (χ0) is 7.68. The van der Waals surface area contributed by atoms with Crippen LogP contribution < -0.4 is 4.74 Å². The Labute approximate surface area is 63.5 Å². The van der Waals surface area contributed by atoms with E-state index in [1.54, 1.807) is 12.1 Å². The number of hydrogen-bond acceptors (Lipinski definition) is 2. The molecule has 58 valence electrons. The van der Waals surface area contributed by atoms with Crippen LogP contribution in [0.1, 0.15) is 5.56 Å². The first kappa shape index (κ1) is 6.61. The highest BCUT2D eigenvalue weighted by Crippen LogP contribution is 2.25. The topological polar surface area (TPSA) is 18.5 Å². The average molecular weight is 154 g/mol. The monoisotopic (exact) mass is 154 g/mol. The van der Waals surface area contributed by atoms with E-state index in [0.29, 0.717) is 5.75 Å². The fourth-order valence-electron chi connectivity index (χ4n) is 1.03. The second-order valence-corrected chi connectivity index (χ2v) is 2.31. The Bertz CT molecular complexity index is 262. The van der Waals surface area contributed by atoms with Gasteiger partial charge in [-0.2, -0.15) is 4.39 Å². The van der Waals surface area contributed by atoms with Crippen LogP contribution in [0.3, 0.4) is 0 Å². The Kier molecular flexibility index (Phi) is 1.51. The highest BCUT2D eigenvalue weighted by molar-refractivity contribution is 5.33. The van der Waals surface area contributed by atoms with E-state index in [2.05, 4.69) is 4.74 Å². The standard InChI is InChI=1S/C8H7FO2/c9-8-10-5-6-3-1-2-4-7(6)11-8/h1-4,8H,5H2. The summed E-state index contributed by atoms with van der Waals surface area (Å²) in [4.78, 5) is 0. The van der Waals surface area contributed by atoms with E-state index in [9.17, 15) is 4.39 Å². The molecule has 0 fully saturated rings. The van der Waals surface area contributed by atoms with E-state index in [1.165, 1.54) is 0 Å². The smallest absolute Gasteiger partial charge is 0.353 e. The number of alkyl halides is 1. The van der Waals surface area contributed by atoms with Crippen molar-refractivity contribution >= 4 is 0 Å². The van der Waals surface area contributed by atoms with Crippen molar-refractivity contribution in [3.05, 3.63) is 29.8 Å². The summed E-state index contributed by atoms with van der Waals surface area (Å²) in [5.41, 5.74) is 0.890. The van der Waals surface area contributed by atoms with Crippen molar-refractivity contribution < 1.29 is 13.9 Å². The van der Waals surface area contributed by atoms with Crippen LogP contribution in [0.2, 0.25) is 0 Å². The second-order valence-electron chi connectivity index (χ2n) is 2.31. The molecule has 2 rings (SSSR count). The van der Waals surface area contributed by atoms with Crippen LogP contribution in [-0.4, -0.2) is 6.54 Å². The number of benzene rings is 1. The van der Waals surface area contributed by atoms with Crippen molar-refractivity contribution in [3.63, 3.8) is 0 Å². The van der Waals surface area contributed by atoms with Crippen LogP contribution in [0.5, 0.6) is 5.75 Å². The van der Waals surface area contributed by atoms with Gasteiger partial charge in [0.05, 0.1) is 6.61 Å². The third-order valence-electron chi connectivity index (χ3n) is 1.56. The molecule has 1 aliphatic heterocycles. The third kappa shape index (κ3) is 1.19. The van der Waals surface area contributed by atoms with Crippen LogP contribution >= 0.6 is 0 Å². The molecule has 3 heteroatoms. The molecule has 1 aliphatic rings. The zero-order valence-electron chi connectivity index (χ0n) is 5.79. The van der Waals surface area contributed by atoms with Gasteiger partial charge in [-0.15, -0.1) is 0 Å². The molecule has 0 saturated heterocycles. The fraction of sp³-hybridized carbons (Fsp3) is 0.250.